The molecule has 0 fully saturated rings. The van der Waals surface area contributed by atoms with Crippen molar-refractivity contribution in [2.75, 3.05) is 26.0 Å². The highest BCUT2D eigenvalue weighted by molar-refractivity contribution is 5.90. The first-order chi connectivity index (χ1) is 7.20. The van der Waals surface area contributed by atoms with E-state index in [0.29, 0.717) is 0 Å². The molecule has 0 saturated carbocycles. The Bertz CT molecular complexity index is 390. The standard InChI is InChI=1S/C11H14N2O2/c1-13-6-5-8-7-9(15-2)3-4-10(8)12-11(13)14/h3-4,7H,5-6H2,1-2H3,(H,12,14). The minimum Gasteiger partial charge on any atom is -0.497 e. The smallest absolute Gasteiger partial charge is 0.321 e. The molecule has 1 aliphatic heterocycles. The lowest BCUT2D eigenvalue weighted by molar-refractivity contribution is 0.224. The summed E-state index contributed by atoms with van der Waals surface area (Å²) in [5.41, 5.74) is 2.00. The molecule has 1 aromatic rings. The van der Waals surface area contributed by atoms with Gasteiger partial charge in [-0.1, -0.05) is 0 Å². The van der Waals surface area contributed by atoms with E-state index >= 15 is 0 Å². The van der Waals surface area contributed by atoms with Gasteiger partial charge in [-0.15, -0.1) is 0 Å². The fourth-order valence-electron chi connectivity index (χ4n) is 1.63. The number of urea groups is 1. The summed E-state index contributed by atoms with van der Waals surface area (Å²) >= 11 is 0. The normalized spacial score (nSPS) is 15.3. The number of carbonyl (C=O) groups is 1. The molecule has 0 aliphatic carbocycles. The summed E-state index contributed by atoms with van der Waals surface area (Å²) in [7, 11) is 3.43. The number of hydrogen-bond acceptors (Lipinski definition) is 2. The third kappa shape index (κ3) is 1.88. The van der Waals surface area contributed by atoms with Crippen molar-refractivity contribution in [1.29, 1.82) is 0 Å². The van der Waals surface area contributed by atoms with Gasteiger partial charge in [0.25, 0.3) is 0 Å². The topological polar surface area (TPSA) is 41.6 Å². The molecule has 4 heteroatoms. The van der Waals surface area contributed by atoms with Crippen molar-refractivity contribution in [3.63, 3.8) is 0 Å². The van der Waals surface area contributed by atoms with Gasteiger partial charge in [-0.2, -0.15) is 0 Å². The molecule has 0 aromatic heterocycles. The second-order valence-electron chi connectivity index (χ2n) is 3.62. The number of benzene rings is 1. The number of amides is 2. The van der Waals surface area contributed by atoms with E-state index in [9.17, 15) is 4.79 Å². The number of ether oxygens (including phenoxy) is 1. The highest BCUT2D eigenvalue weighted by Crippen LogP contribution is 2.24. The Morgan fingerprint density at radius 2 is 2.27 bits per heavy atom. The summed E-state index contributed by atoms with van der Waals surface area (Å²) in [6.45, 7) is 0.728. The van der Waals surface area contributed by atoms with Crippen LogP contribution >= 0.6 is 0 Å². The molecule has 0 radical (unpaired) electrons. The summed E-state index contributed by atoms with van der Waals surface area (Å²) < 4.78 is 5.15. The lowest BCUT2D eigenvalue weighted by Crippen LogP contribution is -2.30. The monoisotopic (exact) mass is 206 g/mol. The molecule has 1 aromatic carbocycles. The van der Waals surface area contributed by atoms with E-state index in [1.807, 2.05) is 18.2 Å². The summed E-state index contributed by atoms with van der Waals surface area (Å²) in [5, 5.41) is 2.85. The maximum atomic E-state index is 11.5. The van der Waals surface area contributed by atoms with Crippen LogP contribution in [0.2, 0.25) is 0 Å². The van der Waals surface area contributed by atoms with Crippen molar-refractivity contribution in [1.82, 2.24) is 4.90 Å². The van der Waals surface area contributed by atoms with E-state index in [1.54, 1.807) is 19.1 Å². The van der Waals surface area contributed by atoms with E-state index in [0.717, 1.165) is 30.0 Å². The van der Waals surface area contributed by atoms with E-state index in [1.165, 1.54) is 0 Å². The minimum absolute atomic E-state index is 0.0566. The zero-order valence-corrected chi connectivity index (χ0v) is 8.91. The van der Waals surface area contributed by atoms with Crippen LogP contribution in [-0.4, -0.2) is 31.6 Å². The molecule has 15 heavy (non-hydrogen) atoms. The zero-order valence-electron chi connectivity index (χ0n) is 8.91. The lowest BCUT2D eigenvalue weighted by atomic mass is 10.1. The molecule has 4 nitrogen and oxygen atoms in total. The number of nitrogens with one attached hydrogen (secondary N) is 1. The Labute approximate surface area is 88.8 Å². The van der Waals surface area contributed by atoms with Gasteiger partial charge in [-0.05, 0) is 30.2 Å². The molecule has 0 unspecified atom stereocenters. The van der Waals surface area contributed by atoms with Gasteiger partial charge in [-0.25, -0.2) is 4.79 Å². The van der Waals surface area contributed by atoms with Gasteiger partial charge in [-0.3, -0.25) is 0 Å². The van der Waals surface area contributed by atoms with Crippen molar-refractivity contribution in [3.05, 3.63) is 23.8 Å². The van der Waals surface area contributed by atoms with E-state index in [2.05, 4.69) is 5.32 Å². The van der Waals surface area contributed by atoms with Gasteiger partial charge in [0.05, 0.1) is 7.11 Å². The van der Waals surface area contributed by atoms with Crippen LogP contribution in [0.4, 0.5) is 10.5 Å². The van der Waals surface area contributed by atoms with Crippen LogP contribution in [0.15, 0.2) is 18.2 Å². The molecule has 0 atom stereocenters. The molecule has 1 heterocycles. The van der Waals surface area contributed by atoms with Crippen LogP contribution in [0.3, 0.4) is 0 Å². The molecule has 1 N–H and O–H groups in total. The van der Waals surface area contributed by atoms with Gasteiger partial charge in [0.2, 0.25) is 0 Å². The number of methoxy groups -OCH3 is 1. The molecule has 2 rings (SSSR count). The van der Waals surface area contributed by atoms with E-state index in [4.69, 9.17) is 4.74 Å². The number of carbonyl (C=O) groups excluding carboxylic acids is 1. The molecular weight excluding hydrogens is 192 g/mol. The molecule has 0 spiro atoms. The third-order valence-corrected chi connectivity index (χ3v) is 2.62. The predicted octanol–water partition coefficient (Wildman–Crippen LogP) is 1.71. The first-order valence-electron chi connectivity index (χ1n) is 4.90. The molecule has 80 valence electrons. The summed E-state index contributed by atoms with van der Waals surface area (Å²) in [4.78, 5) is 13.2. The van der Waals surface area contributed by atoms with Crippen molar-refractivity contribution >= 4 is 11.7 Å². The highest BCUT2D eigenvalue weighted by Gasteiger charge is 2.16. The Kier molecular flexibility index (Phi) is 2.49. The average molecular weight is 206 g/mol. The van der Waals surface area contributed by atoms with E-state index in [-0.39, 0.29) is 6.03 Å². The summed E-state index contributed by atoms with van der Waals surface area (Å²) in [6.07, 6.45) is 0.849. The maximum Gasteiger partial charge on any atom is 0.321 e. The Balaban J connectivity index is 2.34. The number of hydrogen-bond donors (Lipinski definition) is 1. The zero-order chi connectivity index (χ0) is 10.8. The van der Waals surface area contributed by atoms with Crippen molar-refractivity contribution in [2.24, 2.45) is 0 Å². The van der Waals surface area contributed by atoms with Crippen LogP contribution < -0.4 is 10.1 Å². The quantitative estimate of drug-likeness (QED) is 0.760. The Morgan fingerprint density at radius 3 is 3.00 bits per heavy atom. The highest BCUT2D eigenvalue weighted by atomic mass is 16.5. The second kappa shape index (κ2) is 3.81. The summed E-state index contributed by atoms with van der Waals surface area (Å²) in [5.74, 6) is 0.826. The van der Waals surface area contributed by atoms with Gasteiger partial charge in [0.1, 0.15) is 5.75 Å². The molecular formula is C11H14N2O2. The minimum atomic E-state index is -0.0566. The van der Waals surface area contributed by atoms with Crippen LogP contribution in [-0.2, 0) is 6.42 Å². The third-order valence-electron chi connectivity index (χ3n) is 2.62. The fourth-order valence-corrected chi connectivity index (χ4v) is 1.63. The largest absolute Gasteiger partial charge is 0.497 e. The fraction of sp³-hybridized carbons (Fsp3) is 0.364. The SMILES string of the molecule is COc1ccc2c(c1)CCN(C)C(=O)N2. The number of rotatable bonds is 1. The molecule has 0 saturated heterocycles. The summed E-state index contributed by atoms with van der Waals surface area (Å²) in [6, 6.07) is 5.64. The number of likely N-dealkylation sites (N-methyl/N-ethyl adjacent to an activating group) is 1. The first-order valence-corrected chi connectivity index (χ1v) is 4.90. The van der Waals surface area contributed by atoms with Crippen LogP contribution in [0.25, 0.3) is 0 Å². The van der Waals surface area contributed by atoms with Gasteiger partial charge >= 0.3 is 6.03 Å². The Hall–Kier alpha value is -1.71. The molecule has 2 amide bonds. The number of anilines is 1. The first kappa shape index (κ1) is 9.83. The van der Waals surface area contributed by atoms with Gasteiger partial charge in [0, 0.05) is 19.3 Å². The van der Waals surface area contributed by atoms with Gasteiger partial charge in [0.15, 0.2) is 0 Å². The Morgan fingerprint density at radius 1 is 1.47 bits per heavy atom. The number of fused-ring (bicyclic) bond motifs is 1. The maximum absolute atomic E-state index is 11.5. The lowest BCUT2D eigenvalue weighted by Gasteiger charge is -2.12. The van der Waals surface area contributed by atoms with Crippen LogP contribution in [0.5, 0.6) is 5.75 Å². The van der Waals surface area contributed by atoms with Crippen molar-refractivity contribution in [3.8, 4) is 5.75 Å². The predicted molar refractivity (Wildman–Crippen MR) is 58.3 cm³/mol. The van der Waals surface area contributed by atoms with Crippen molar-refractivity contribution in [2.45, 2.75) is 6.42 Å². The number of nitrogens with zero attached hydrogens (tertiary/aromatic N) is 1. The van der Waals surface area contributed by atoms with Crippen LogP contribution in [0.1, 0.15) is 5.56 Å². The van der Waals surface area contributed by atoms with E-state index < -0.39 is 0 Å². The molecule has 0 bridgehead atoms. The van der Waals surface area contributed by atoms with Crippen molar-refractivity contribution < 1.29 is 9.53 Å². The second-order valence-corrected chi connectivity index (χ2v) is 3.62. The molecule has 1 aliphatic rings. The van der Waals surface area contributed by atoms with Crippen LogP contribution in [0, 0.1) is 0 Å². The average Bonchev–Trinajstić information content (AvgIpc) is 2.39. The van der Waals surface area contributed by atoms with Gasteiger partial charge < -0.3 is 15.0 Å².